The van der Waals surface area contributed by atoms with E-state index in [0.717, 1.165) is 5.56 Å². The Bertz CT molecular complexity index is 658. The van der Waals surface area contributed by atoms with Crippen molar-refractivity contribution in [2.45, 2.75) is 26.5 Å². The van der Waals surface area contributed by atoms with Gasteiger partial charge in [0.05, 0.1) is 12.6 Å². The summed E-state index contributed by atoms with van der Waals surface area (Å²) in [5.74, 6) is 0.680. The first-order valence-electron chi connectivity index (χ1n) is 7.53. The Kier molecular flexibility index (Phi) is 6.00. The van der Waals surface area contributed by atoms with Gasteiger partial charge in [-0.25, -0.2) is 4.79 Å². The van der Waals surface area contributed by atoms with Gasteiger partial charge in [0.2, 0.25) is 0 Å². The predicted molar refractivity (Wildman–Crippen MR) is 90.7 cm³/mol. The number of anilines is 1. The molecule has 122 valence electrons. The average molecular weight is 314 g/mol. The third-order valence-electron chi connectivity index (χ3n) is 3.23. The van der Waals surface area contributed by atoms with Gasteiger partial charge in [0.1, 0.15) is 12.4 Å². The van der Waals surface area contributed by atoms with Crippen LogP contribution in [0.4, 0.5) is 10.5 Å². The fourth-order valence-electron chi connectivity index (χ4n) is 2.07. The SMILES string of the molecule is Cc1cccc(COc2cccc(NC(=O)NC(C)CO)c2)c1. The number of aliphatic hydroxyl groups excluding tert-OH is 1. The lowest BCUT2D eigenvalue weighted by Gasteiger charge is -2.13. The second kappa shape index (κ2) is 8.19. The van der Waals surface area contributed by atoms with E-state index in [9.17, 15) is 4.79 Å². The highest BCUT2D eigenvalue weighted by molar-refractivity contribution is 5.89. The van der Waals surface area contributed by atoms with E-state index in [1.807, 2.05) is 37.3 Å². The molecule has 3 N–H and O–H groups in total. The molecular formula is C18H22N2O3. The zero-order chi connectivity index (χ0) is 16.7. The number of aryl methyl sites for hydroxylation is 1. The first-order valence-corrected chi connectivity index (χ1v) is 7.53. The van der Waals surface area contributed by atoms with E-state index in [1.165, 1.54) is 5.56 Å². The molecule has 0 aliphatic rings. The molecule has 0 spiro atoms. The lowest BCUT2D eigenvalue weighted by atomic mass is 10.1. The summed E-state index contributed by atoms with van der Waals surface area (Å²) in [4.78, 5) is 11.7. The van der Waals surface area contributed by atoms with Gasteiger partial charge in [-0.05, 0) is 31.5 Å². The lowest BCUT2D eigenvalue weighted by molar-refractivity contribution is 0.229. The van der Waals surface area contributed by atoms with Crippen molar-refractivity contribution in [3.63, 3.8) is 0 Å². The Morgan fingerprint density at radius 2 is 2.00 bits per heavy atom. The summed E-state index contributed by atoms with van der Waals surface area (Å²) in [6.07, 6.45) is 0. The van der Waals surface area contributed by atoms with Gasteiger partial charge in [-0.3, -0.25) is 0 Å². The number of aliphatic hydroxyl groups is 1. The molecule has 1 unspecified atom stereocenters. The maximum Gasteiger partial charge on any atom is 0.319 e. The van der Waals surface area contributed by atoms with Crippen LogP contribution in [-0.4, -0.2) is 23.8 Å². The Morgan fingerprint density at radius 3 is 2.74 bits per heavy atom. The largest absolute Gasteiger partial charge is 0.489 e. The number of benzene rings is 2. The first kappa shape index (κ1) is 16.8. The molecule has 5 heteroatoms. The molecule has 2 amide bonds. The predicted octanol–water partition coefficient (Wildman–Crippen LogP) is 3.08. The Labute approximate surface area is 136 Å². The first-order chi connectivity index (χ1) is 11.1. The van der Waals surface area contributed by atoms with Crippen molar-refractivity contribution >= 4 is 11.7 Å². The summed E-state index contributed by atoms with van der Waals surface area (Å²) >= 11 is 0. The fraction of sp³-hybridized carbons (Fsp3) is 0.278. The zero-order valence-electron chi connectivity index (χ0n) is 13.4. The van der Waals surface area contributed by atoms with Crippen molar-refractivity contribution < 1.29 is 14.6 Å². The van der Waals surface area contributed by atoms with Gasteiger partial charge in [-0.2, -0.15) is 0 Å². The van der Waals surface area contributed by atoms with Crippen LogP contribution in [0.3, 0.4) is 0 Å². The molecule has 0 saturated heterocycles. The highest BCUT2D eigenvalue weighted by Gasteiger charge is 2.06. The van der Waals surface area contributed by atoms with Crippen LogP contribution in [0.5, 0.6) is 5.75 Å². The summed E-state index contributed by atoms with van der Waals surface area (Å²) in [5, 5.41) is 14.3. The van der Waals surface area contributed by atoms with Crippen LogP contribution in [0.1, 0.15) is 18.1 Å². The van der Waals surface area contributed by atoms with Crippen LogP contribution in [0.25, 0.3) is 0 Å². The topological polar surface area (TPSA) is 70.6 Å². The van der Waals surface area contributed by atoms with Gasteiger partial charge >= 0.3 is 6.03 Å². The van der Waals surface area contributed by atoms with E-state index in [2.05, 4.69) is 16.7 Å². The molecule has 1 atom stereocenters. The molecule has 0 aliphatic heterocycles. The number of carbonyl (C=O) groups is 1. The van der Waals surface area contributed by atoms with Crippen molar-refractivity contribution in [3.05, 3.63) is 59.7 Å². The van der Waals surface area contributed by atoms with Crippen molar-refractivity contribution in [1.82, 2.24) is 5.32 Å². The summed E-state index contributed by atoms with van der Waals surface area (Å²) in [5.41, 5.74) is 2.92. The summed E-state index contributed by atoms with van der Waals surface area (Å²) in [6, 6.07) is 14.7. The molecule has 0 heterocycles. The highest BCUT2D eigenvalue weighted by atomic mass is 16.5. The van der Waals surface area contributed by atoms with Crippen LogP contribution in [0.2, 0.25) is 0 Å². The second-order valence-electron chi connectivity index (χ2n) is 5.49. The van der Waals surface area contributed by atoms with Gasteiger partial charge in [-0.1, -0.05) is 35.9 Å². The maximum absolute atomic E-state index is 11.7. The van der Waals surface area contributed by atoms with Crippen LogP contribution in [-0.2, 0) is 6.61 Å². The fourth-order valence-corrected chi connectivity index (χ4v) is 2.07. The van der Waals surface area contributed by atoms with Crippen molar-refractivity contribution in [1.29, 1.82) is 0 Å². The molecular weight excluding hydrogens is 292 g/mol. The molecule has 23 heavy (non-hydrogen) atoms. The van der Waals surface area contributed by atoms with Gasteiger partial charge in [0.15, 0.2) is 0 Å². The lowest BCUT2D eigenvalue weighted by Crippen LogP contribution is -2.38. The number of hydrogen-bond donors (Lipinski definition) is 3. The number of urea groups is 1. The summed E-state index contributed by atoms with van der Waals surface area (Å²) in [6.45, 7) is 4.13. The van der Waals surface area contributed by atoms with Crippen LogP contribution < -0.4 is 15.4 Å². The molecule has 2 aromatic carbocycles. The molecule has 0 fully saturated rings. The minimum Gasteiger partial charge on any atom is -0.489 e. The number of rotatable bonds is 6. The molecule has 5 nitrogen and oxygen atoms in total. The molecule has 0 bridgehead atoms. The van der Waals surface area contributed by atoms with Crippen LogP contribution in [0, 0.1) is 6.92 Å². The Hall–Kier alpha value is -2.53. The molecule has 0 aromatic heterocycles. The monoisotopic (exact) mass is 314 g/mol. The zero-order valence-corrected chi connectivity index (χ0v) is 13.4. The Balaban J connectivity index is 1.93. The van der Waals surface area contributed by atoms with E-state index in [-0.39, 0.29) is 18.7 Å². The van der Waals surface area contributed by atoms with Crippen LogP contribution >= 0.6 is 0 Å². The number of hydrogen-bond acceptors (Lipinski definition) is 3. The molecule has 2 rings (SSSR count). The third-order valence-corrected chi connectivity index (χ3v) is 3.23. The smallest absolute Gasteiger partial charge is 0.319 e. The number of carbonyl (C=O) groups excluding carboxylic acids is 1. The van der Waals surface area contributed by atoms with Gasteiger partial charge < -0.3 is 20.5 Å². The molecule has 0 saturated carbocycles. The van der Waals surface area contributed by atoms with E-state index in [1.54, 1.807) is 19.1 Å². The molecule has 2 aromatic rings. The highest BCUT2D eigenvalue weighted by Crippen LogP contribution is 2.19. The van der Waals surface area contributed by atoms with Crippen molar-refractivity contribution in [2.75, 3.05) is 11.9 Å². The third kappa shape index (κ3) is 5.64. The number of nitrogens with one attached hydrogen (secondary N) is 2. The minimum absolute atomic E-state index is 0.104. The van der Waals surface area contributed by atoms with Gasteiger partial charge in [0.25, 0.3) is 0 Å². The standard InChI is InChI=1S/C18H22N2O3/c1-13-5-3-6-15(9-13)12-23-17-8-4-7-16(10-17)20-18(22)19-14(2)11-21/h3-10,14,21H,11-12H2,1-2H3,(H2,19,20,22). The van der Waals surface area contributed by atoms with E-state index < -0.39 is 0 Å². The second-order valence-corrected chi connectivity index (χ2v) is 5.49. The maximum atomic E-state index is 11.7. The van der Waals surface area contributed by atoms with Gasteiger partial charge in [0, 0.05) is 11.8 Å². The van der Waals surface area contributed by atoms with Crippen LogP contribution in [0.15, 0.2) is 48.5 Å². The van der Waals surface area contributed by atoms with E-state index >= 15 is 0 Å². The summed E-state index contributed by atoms with van der Waals surface area (Å²) in [7, 11) is 0. The van der Waals surface area contributed by atoms with Crippen molar-refractivity contribution in [3.8, 4) is 5.75 Å². The number of ether oxygens (including phenoxy) is 1. The van der Waals surface area contributed by atoms with E-state index in [0.29, 0.717) is 18.0 Å². The molecule has 0 aliphatic carbocycles. The normalized spacial score (nSPS) is 11.6. The Morgan fingerprint density at radius 1 is 1.22 bits per heavy atom. The quantitative estimate of drug-likeness (QED) is 0.767. The summed E-state index contributed by atoms with van der Waals surface area (Å²) < 4.78 is 5.76. The average Bonchev–Trinajstić information content (AvgIpc) is 2.53. The van der Waals surface area contributed by atoms with E-state index in [4.69, 9.17) is 9.84 Å². The van der Waals surface area contributed by atoms with Gasteiger partial charge in [-0.15, -0.1) is 0 Å². The number of amides is 2. The molecule has 0 radical (unpaired) electrons. The van der Waals surface area contributed by atoms with Crippen molar-refractivity contribution in [2.24, 2.45) is 0 Å². The minimum atomic E-state index is -0.359.